The minimum Gasteiger partial charge on any atom is -0.285 e. The van der Waals surface area contributed by atoms with Crippen molar-refractivity contribution >= 4 is 10.9 Å². The van der Waals surface area contributed by atoms with E-state index in [4.69, 9.17) is 5.26 Å². The highest BCUT2D eigenvalue weighted by molar-refractivity contribution is 5.82. The molecule has 0 saturated carbocycles. The van der Waals surface area contributed by atoms with Gasteiger partial charge in [0.1, 0.15) is 0 Å². The molecular formula is C22H15N7. The van der Waals surface area contributed by atoms with Crippen LogP contribution in [0.2, 0.25) is 0 Å². The quantitative estimate of drug-likeness (QED) is 0.478. The molecule has 5 aromatic rings. The largest absolute Gasteiger partial charge is 0.285 e. The van der Waals surface area contributed by atoms with Gasteiger partial charge in [0.25, 0.3) is 0 Å². The van der Waals surface area contributed by atoms with Crippen LogP contribution in [0.25, 0.3) is 28.0 Å². The summed E-state index contributed by atoms with van der Waals surface area (Å²) in [6.07, 6.45) is 12.9. The molecule has 0 saturated heterocycles. The molecule has 0 aliphatic rings. The van der Waals surface area contributed by atoms with E-state index < -0.39 is 0 Å². The Morgan fingerprint density at radius 2 is 1.86 bits per heavy atom. The van der Waals surface area contributed by atoms with Gasteiger partial charge in [0, 0.05) is 53.7 Å². The van der Waals surface area contributed by atoms with Crippen molar-refractivity contribution < 1.29 is 0 Å². The number of fused-ring (bicyclic) bond motifs is 1. The fraction of sp³-hybridized carbons (Fsp3) is 0.0455. The van der Waals surface area contributed by atoms with E-state index in [2.05, 4.69) is 26.1 Å². The summed E-state index contributed by atoms with van der Waals surface area (Å²) in [5, 5.41) is 14.5. The topological polar surface area (TPSA) is 85.2 Å². The summed E-state index contributed by atoms with van der Waals surface area (Å²) in [6.45, 7) is 0.660. The zero-order chi connectivity index (χ0) is 19.6. The highest BCUT2D eigenvalue weighted by Crippen LogP contribution is 2.22. The SMILES string of the molecule is N#Cc1ccc2c(ccn2-c2ncc(-c3cnn(Cc4cccnc4)c3)cn2)c1. The average molecular weight is 377 g/mol. The Balaban J connectivity index is 1.40. The van der Waals surface area contributed by atoms with Gasteiger partial charge in [0.2, 0.25) is 5.95 Å². The van der Waals surface area contributed by atoms with Gasteiger partial charge in [-0.15, -0.1) is 0 Å². The Bertz CT molecular complexity index is 1330. The van der Waals surface area contributed by atoms with Crippen LogP contribution in [0.3, 0.4) is 0 Å². The molecule has 4 heterocycles. The third-order valence-corrected chi connectivity index (χ3v) is 4.71. The number of hydrogen-bond acceptors (Lipinski definition) is 5. The number of hydrogen-bond donors (Lipinski definition) is 0. The van der Waals surface area contributed by atoms with Crippen molar-refractivity contribution in [1.29, 1.82) is 5.26 Å². The van der Waals surface area contributed by atoms with Gasteiger partial charge in [-0.25, -0.2) is 9.97 Å². The highest BCUT2D eigenvalue weighted by Gasteiger charge is 2.08. The number of nitriles is 1. The van der Waals surface area contributed by atoms with Crippen molar-refractivity contribution in [3.63, 3.8) is 0 Å². The summed E-state index contributed by atoms with van der Waals surface area (Å²) in [7, 11) is 0. The Kier molecular flexibility index (Phi) is 4.07. The molecule has 0 aliphatic heterocycles. The standard InChI is InChI=1S/C22H15N7/c23-9-16-3-4-21-18(8-16)5-7-29(21)22-25-11-19(12-26-22)20-13-27-28(15-20)14-17-2-1-6-24-10-17/h1-8,10-13,15H,14H2. The maximum atomic E-state index is 9.05. The maximum absolute atomic E-state index is 9.05. The van der Waals surface area contributed by atoms with Crippen LogP contribution in [0.5, 0.6) is 0 Å². The third-order valence-electron chi connectivity index (χ3n) is 4.71. The summed E-state index contributed by atoms with van der Waals surface area (Å²) < 4.78 is 3.78. The van der Waals surface area contributed by atoms with E-state index in [-0.39, 0.29) is 0 Å². The van der Waals surface area contributed by atoms with Crippen LogP contribution in [0.1, 0.15) is 11.1 Å². The molecule has 0 unspecified atom stereocenters. The monoisotopic (exact) mass is 377 g/mol. The van der Waals surface area contributed by atoms with Crippen LogP contribution in [-0.2, 0) is 6.54 Å². The van der Waals surface area contributed by atoms with Crippen LogP contribution < -0.4 is 0 Å². The second-order valence-electron chi connectivity index (χ2n) is 6.63. The lowest BCUT2D eigenvalue weighted by atomic mass is 10.2. The van der Waals surface area contributed by atoms with Gasteiger partial charge in [0.05, 0.1) is 29.9 Å². The van der Waals surface area contributed by atoms with Crippen molar-refractivity contribution in [2.75, 3.05) is 0 Å². The Labute approximate surface area is 166 Å². The molecule has 5 rings (SSSR count). The molecular weight excluding hydrogens is 362 g/mol. The number of benzene rings is 1. The molecule has 0 aliphatic carbocycles. The summed E-state index contributed by atoms with van der Waals surface area (Å²) in [5.74, 6) is 0.580. The van der Waals surface area contributed by atoms with E-state index in [1.165, 1.54) is 0 Å². The van der Waals surface area contributed by atoms with E-state index in [9.17, 15) is 0 Å². The molecule has 1 aromatic carbocycles. The summed E-state index contributed by atoms with van der Waals surface area (Å²) in [6, 6.07) is 13.6. The first kappa shape index (κ1) is 16.8. The van der Waals surface area contributed by atoms with Crippen molar-refractivity contribution in [2.45, 2.75) is 6.54 Å². The second kappa shape index (κ2) is 7.02. The third kappa shape index (κ3) is 3.24. The first-order valence-corrected chi connectivity index (χ1v) is 9.05. The zero-order valence-corrected chi connectivity index (χ0v) is 15.3. The Morgan fingerprint density at radius 1 is 0.966 bits per heavy atom. The van der Waals surface area contributed by atoms with E-state index >= 15 is 0 Å². The van der Waals surface area contributed by atoms with E-state index in [0.29, 0.717) is 18.1 Å². The van der Waals surface area contributed by atoms with Gasteiger partial charge in [-0.3, -0.25) is 14.2 Å². The molecule has 0 fully saturated rings. The number of nitrogens with zero attached hydrogens (tertiary/aromatic N) is 7. The van der Waals surface area contributed by atoms with Crippen LogP contribution >= 0.6 is 0 Å². The maximum Gasteiger partial charge on any atom is 0.234 e. The van der Waals surface area contributed by atoms with Crippen molar-refractivity contribution in [2.24, 2.45) is 0 Å². The Morgan fingerprint density at radius 3 is 2.66 bits per heavy atom. The van der Waals surface area contributed by atoms with Crippen LogP contribution in [0.15, 0.2) is 79.8 Å². The first-order chi connectivity index (χ1) is 14.3. The van der Waals surface area contributed by atoms with E-state index in [1.54, 1.807) is 24.7 Å². The normalized spacial score (nSPS) is 10.9. The second-order valence-corrected chi connectivity index (χ2v) is 6.63. The van der Waals surface area contributed by atoms with E-state index in [0.717, 1.165) is 27.6 Å². The fourth-order valence-corrected chi connectivity index (χ4v) is 3.26. The van der Waals surface area contributed by atoms with Crippen LogP contribution in [0, 0.1) is 11.3 Å². The number of aromatic nitrogens is 6. The highest BCUT2D eigenvalue weighted by atomic mass is 15.3. The molecule has 7 nitrogen and oxygen atoms in total. The minimum absolute atomic E-state index is 0.580. The number of rotatable bonds is 4. The fourth-order valence-electron chi connectivity index (χ4n) is 3.26. The lowest BCUT2D eigenvalue weighted by Crippen LogP contribution is -2.00. The lowest BCUT2D eigenvalue weighted by Gasteiger charge is -2.04. The Hall–Kier alpha value is -4.31. The van der Waals surface area contributed by atoms with Gasteiger partial charge >= 0.3 is 0 Å². The predicted molar refractivity (Wildman–Crippen MR) is 108 cm³/mol. The van der Waals surface area contributed by atoms with Crippen LogP contribution in [-0.4, -0.2) is 29.3 Å². The summed E-state index contributed by atoms with van der Waals surface area (Å²) in [4.78, 5) is 13.2. The molecule has 138 valence electrons. The molecule has 0 radical (unpaired) electrons. The molecule has 0 atom stereocenters. The predicted octanol–water partition coefficient (Wildman–Crippen LogP) is 3.60. The van der Waals surface area contributed by atoms with Gasteiger partial charge in [-0.1, -0.05) is 6.07 Å². The van der Waals surface area contributed by atoms with Crippen LogP contribution in [0.4, 0.5) is 0 Å². The molecule has 0 amide bonds. The zero-order valence-electron chi connectivity index (χ0n) is 15.3. The van der Waals surface area contributed by atoms with E-state index in [1.807, 2.05) is 64.4 Å². The summed E-state index contributed by atoms with van der Waals surface area (Å²) in [5.41, 5.74) is 4.54. The lowest BCUT2D eigenvalue weighted by molar-refractivity contribution is 0.685. The van der Waals surface area contributed by atoms with Gasteiger partial charge < -0.3 is 0 Å². The molecule has 7 heteroatoms. The minimum atomic E-state index is 0.580. The van der Waals surface area contributed by atoms with Crippen molar-refractivity contribution in [1.82, 2.24) is 29.3 Å². The molecule has 0 bridgehead atoms. The smallest absolute Gasteiger partial charge is 0.234 e. The molecule has 0 spiro atoms. The van der Waals surface area contributed by atoms with Crippen molar-refractivity contribution in [3.8, 4) is 23.1 Å². The van der Waals surface area contributed by atoms with Crippen molar-refractivity contribution in [3.05, 3.63) is 90.9 Å². The first-order valence-electron chi connectivity index (χ1n) is 9.05. The van der Waals surface area contributed by atoms with Gasteiger partial charge in [-0.05, 0) is 35.9 Å². The molecule has 29 heavy (non-hydrogen) atoms. The molecule has 4 aromatic heterocycles. The molecule has 0 N–H and O–H groups in total. The summed E-state index contributed by atoms with van der Waals surface area (Å²) >= 11 is 0. The van der Waals surface area contributed by atoms with Gasteiger partial charge in [0.15, 0.2) is 0 Å². The number of pyridine rings is 1. The van der Waals surface area contributed by atoms with Gasteiger partial charge in [-0.2, -0.15) is 10.4 Å². The average Bonchev–Trinajstić information content (AvgIpc) is 3.41.